The highest BCUT2D eigenvalue weighted by Crippen LogP contribution is 2.30. The minimum Gasteiger partial charge on any atom is -0.355 e. The number of piperidine rings is 1. The summed E-state index contributed by atoms with van der Waals surface area (Å²) >= 11 is 0. The first-order valence-electron chi connectivity index (χ1n) is 10.6. The maximum absolute atomic E-state index is 13.9. The summed E-state index contributed by atoms with van der Waals surface area (Å²) in [5, 5.41) is 3.82. The molecule has 2 saturated heterocycles. The van der Waals surface area contributed by atoms with Crippen LogP contribution in [0.1, 0.15) is 42.7 Å². The fourth-order valence-electron chi connectivity index (χ4n) is 4.24. The second kappa shape index (κ2) is 8.92. The molecule has 0 bridgehead atoms. The van der Waals surface area contributed by atoms with E-state index in [9.17, 15) is 17.6 Å². The van der Waals surface area contributed by atoms with Crippen LogP contribution in [0.15, 0.2) is 33.7 Å². The molecule has 1 aromatic heterocycles. The topological polar surface area (TPSA) is 83.7 Å². The van der Waals surface area contributed by atoms with Gasteiger partial charge in [-0.15, -0.1) is 0 Å². The number of carbonyl (C=O) groups is 1. The van der Waals surface area contributed by atoms with Crippen LogP contribution in [0.2, 0.25) is 0 Å². The van der Waals surface area contributed by atoms with Crippen molar-refractivity contribution in [2.45, 2.75) is 37.5 Å². The summed E-state index contributed by atoms with van der Waals surface area (Å²) in [7, 11) is -3.86. The number of benzene rings is 1. The van der Waals surface area contributed by atoms with Gasteiger partial charge in [0.2, 0.25) is 15.9 Å². The minimum absolute atomic E-state index is 0.00981. The van der Waals surface area contributed by atoms with Gasteiger partial charge in [0.05, 0.1) is 0 Å². The van der Waals surface area contributed by atoms with E-state index < -0.39 is 15.8 Å². The third kappa shape index (κ3) is 4.43. The summed E-state index contributed by atoms with van der Waals surface area (Å²) in [6.07, 6.45) is 5.96. The number of nitrogens with zero attached hydrogens (tertiary/aromatic N) is 3. The fourth-order valence-corrected chi connectivity index (χ4v) is 5.96. The van der Waals surface area contributed by atoms with Crippen molar-refractivity contribution >= 4 is 28.1 Å². The van der Waals surface area contributed by atoms with Crippen LogP contribution in [-0.4, -0.2) is 54.9 Å². The van der Waals surface area contributed by atoms with Gasteiger partial charge in [0.25, 0.3) is 0 Å². The van der Waals surface area contributed by atoms with Crippen molar-refractivity contribution in [1.29, 1.82) is 0 Å². The predicted octanol–water partition coefficient (Wildman–Crippen LogP) is 3.32. The maximum atomic E-state index is 13.9. The summed E-state index contributed by atoms with van der Waals surface area (Å²) in [6, 6.07) is 6.20. The van der Waals surface area contributed by atoms with Crippen molar-refractivity contribution < 1.29 is 22.1 Å². The minimum atomic E-state index is -3.86. The normalized spacial score (nSPS) is 18.8. The average molecular weight is 448 g/mol. The van der Waals surface area contributed by atoms with Gasteiger partial charge >= 0.3 is 0 Å². The van der Waals surface area contributed by atoms with Gasteiger partial charge in [0.1, 0.15) is 11.5 Å². The number of aryl methyl sites for hydroxylation is 1. The van der Waals surface area contributed by atoms with Crippen molar-refractivity contribution in [1.82, 2.24) is 14.4 Å². The number of sulfonamides is 1. The molecular weight excluding hydrogens is 421 g/mol. The largest absolute Gasteiger partial charge is 0.355 e. The van der Waals surface area contributed by atoms with Gasteiger partial charge in [0, 0.05) is 37.7 Å². The quantitative estimate of drug-likeness (QED) is 0.702. The van der Waals surface area contributed by atoms with Gasteiger partial charge in [0.15, 0.2) is 10.7 Å². The van der Waals surface area contributed by atoms with Crippen molar-refractivity contribution in [3.63, 3.8) is 0 Å². The number of hydrogen-bond acceptors (Lipinski definition) is 5. The molecule has 2 fully saturated rings. The average Bonchev–Trinajstić information content (AvgIpc) is 3.43. The number of likely N-dealkylation sites (tertiary alicyclic amines) is 1. The van der Waals surface area contributed by atoms with Crippen LogP contribution in [0.4, 0.5) is 4.39 Å². The monoisotopic (exact) mass is 447 g/mol. The van der Waals surface area contributed by atoms with Gasteiger partial charge in [-0.1, -0.05) is 23.4 Å². The van der Waals surface area contributed by atoms with Gasteiger partial charge in [-0.3, -0.25) is 4.79 Å². The van der Waals surface area contributed by atoms with Crippen LogP contribution in [0.3, 0.4) is 0 Å². The number of hydrogen-bond donors (Lipinski definition) is 0. The van der Waals surface area contributed by atoms with Crippen LogP contribution in [0.25, 0.3) is 12.2 Å². The molecule has 0 atom stereocenters. The lowest BCUT2D eigenvalue weighted by Crippen LogP contribution is -2.43. The zero-order chi connectivity index (χ0) is 22.0. The number of rotatable bonds is 5. The molecule has 166 valence electrons. The lowest BCUT2D eigenvalue weighted by molar-refractivity contribution is -0.135. The lowest BCUT2D eigenvalue weighted by Gasteiger charge is -2.32. The molecule has 1 aromatic carbocycles. The Balaban J connectivity index is 1.50. The van der Waals surface area contributed by atoms with E-state index in [1.165, 1.54) is 22.5 Å². The second-order valence-corrected chi connectivity index (χ2v) is 9.90. The Labute approximate surface area is 181 Å². The summed E-state index contributed by atoms with van der Waals surface area (Å²) in [6.45, 7) is 3.71. The maximum Gasteiger partial charge on any atom is 0.248 e. The highest BCUT2D eigenvalue weighted by atomic mass is 32.2. The molecular formula is C22H26FN3O4S. The van der Waals surface area contributed by atoms with Gasteiger partial charge < -0.3 is 9.42 Å². The summed E-state index contributed by atoms with van der Waals surface area (Å²) in [5.74, 6) is -0.335. The third-order valence-electron chi connectivity index (χ3n) is 5.97. The highest BCUT2D eigenvalue weighted by Gasteiger charge is 2.37. The van der Waals surface area contributed by atoms with E-state index in [2.05, 4.69) is 5.16 Å². The van der Waals surface area contributed by atoms with Crippen molar-refractivity contribution in [3.8, 4) is 0 Å². The number of aromatic nitrogens is 1. The molecule has 9 heteroatoms. The molecule has 0 radical (unpaired) electrons. The zero-order valence-electron chi connectivity index (χ0n) is 17.5. The van der Waals surface area contributed by atoms with E-state index in [-0.39, 0.29) is 41.3 Å². The summed E-state index contributed by atoms with van der Waals surface area (Å²) in [4.78, 5) is 14.5. The summed E-state index contributed by atoms with van der Waals surface area (Å²) < 4.78 is 47.2. The molecule has 0 spiro atoms. The SMILES string of the molecule is Cc1noc(C=Cc2ccccc2F)c1S(=O)(=O)N1CCC(C(=O)N2CCCC2)CC1. The summed E-state index contributed by atoms with van der Waals surface area (Å²) in [5.41, 5.74) is 0.574. The standard InChI is InChI=1S/C22H26FN3O4S/c1-16-21(20(30-24-16)9-8-17-6-2-3-7-19(17)23)31(28,29)26-14-10-18(11-15-26)22(27)25-12-4-5-13-25/h2-3,6-9,18H,4-5,10-15H2,1H3. The van der Waals surface area contributed by atoms with Gasteiger partial charge in [-0.25, -0.2) is 12.8 Å². The van der Waals surface area contributed by atoms with E-state index in [4.69, 9.17) is 4.52 Å². The fraction of sp³-hybridized carbons (Fsp3) is 0.455. The van der Waals surface area contributed by atoms with Gasteiger partial charge in [-0.05, 0) is 50.8 Å². The van der Waals surface area contributed by atoms with E-state index in [0.717, 1.165) is 25.9 Å². The smallest absolute Gasteiger partial charge is 0.248 e. The lowest BCUT2D eigenvalue weighted by atomic mass is 9.97. The van der Waals surface area contributed by atoms with Crippen molar-refractivity contribution in [3.05, 3.63) is 47.1 Å². The van der Waals surface area contributed by atoms with Crippen molar-refractivity contribution in [2.75, 3.05) is 26.2 Å². The Kier molecular flexibility index (Phi) is 6.24. The zero-order valence-corrected chi connectivity index (χ0v) is 18.3. The van der Waals surface area contributed by atoms with E-state index in [1.807, 2.05) is 4.90 Å². The van der Waals surface area contributed by atoms with Crippen molar-refractivity contribution in [2.24, 2.45) is 5.92 Å². The first kappa shape index (κ1) is 21.7. The number of amides is 1. The highest BCUT2D eigenvalue weighted by molar-refractivity contribution is 7.89. The molecule has 0 unspecified atom stereocenters. The molecule has 4 rings (SSSR count). The molecule has 2 aromatic rings. The molecule has 2 aliphatic rings. The first-order valence-corrected chi connectivity index (χ1v) is 12.0. The molecule has 2 aliphatic heterocycles. The molecule has 3 heterocycles. The molecule has 7 nitrogen and oxygen atoms in total. The number of halogens is 1. The molecule has 0 aliphatic carbocycles. The van der Waals surface area contributed by atoms with E-state index in [0.29, 0.717) is 18.4 Å². The Morgan fingerprint density at radius 1 is 1.13 bits per heavy atom. The van der Waals surface area contributed by atoms with Crippen LogP contribution in [0, 0.1) is 18.7 Å². The van der Waals surface area contributed by atoms with E-state index in [1.54, 1.807) is 25.1 Å². The Bertz CT molecular complexity index is 1080. The molecule has 1 amide bonds. The second-order valence-electron chi connectivity index (χ2n) is 8.03. The van der Waals surface area contributed by atoms with Crippen LogP contribution in [0.5, 0.6) is 0 Å². The van der Waals surface area contributed by atoms with Crippen LogP contribution in [-0.2, 0) is 14.8 Å². The Morgan fingerprint density at radius 2 is 1.81 bits per heavy atom. The Hall–Kier alpha value is -2.52. The van der Waals surface area contributed by atoms with Gasteiger partial charge in [-0.2, -0.15) is 4.31 Å². The first-order chi connectivity index (χ1) is 14.9. The van der Waals surface area contributed by atoms with E-state index >= 15 is 0 Å². The molecule has 31 heavy (non-hydrogen) atoms. The predicted molar refractivity (Wildman–Crippen MR) is 114 cm³/mol. The third-order valence-corrected chi connectivity index (χ3v) is 8.03. The van der Waals surface area contributed by atoms with Crippen LogP contribution < -0.4 is 0 Å². The Morgan fingerprint density at radius 3 is 2.48 bits per heavy atom. The van der Waals surface area contributed by atoms with Crippen LogP contribution >= 0.6 is 0 Å². The number of carbonyl (C=O) groups excluding carboxylic acids is 1. The molecule has 0 N–H and O–H groups in total. The molecule has 0 saturated carbocycles.